The van der Waals surface area contributed by atoms with Gasteiger partial charge < -0.3 is 9.84 Å². The van der Waals surface area contributed by atoms with Crippen molar-refractivity contribution in [2.45, 2.75) is 6.92 Å². The van der Waals surface area contributed by atoms with E-state index in [0.717, 1.165) is 0 Å². The van der Waals surface area contributed by atoms with Crippen molar-refractivity contribution in [1.29, 1.82) is 0 Å². The number of aryl methyl sites for hydroxylation is 1. The van der Waals surface area contributed by atoms with E-state index in [0.29, 0.717) is 17.9 Å². The average Bonchev–Trinajstić information content (AvgIpc) is 2.69. The lowest BCUT2D eigenvalue weighted by Gasteiger charge is -2.04. The number of rotatable bonds is 2. The number of amides is 1. The van der Waals surface area contributed by atoms with Crippen LogP contribution in [0.1, 0.15) is 16.1 Å². The molecule has 0 fully saturated rings. The third-order valence-electron chi connectivity index (χ3n) is 2.25. The fraction of sp³-hybridized carbons (Fsp3) is 0.0909. The average molecular weight is 256 g/mol. The highest BCUT2D eigenvalue weighted by molar-refractivity contribution is 6.04. The molecule has 1 aromatic heterocycles. The number of carbonyl (C=O) groups is 1. The van der Waals surface area contributed by atoms with Gasteiger partial charge in [0, 0.05) is 6.07 Å². The van der Waals surface area contributed by atoms with E-state index in [1.165, 1.54) is 13.1 Å². The third kappa shape index (κ3) is 2.20. The molecule has 2 rings (SSSR count). The molecule has 0 bridgehead atoms. The van der Waals surface area contributed by atoms with Crippen molar-refractivity contribution in [2.24, 2.45) is 0 Å². The second-order valence-electron chi connectivity index (χ2n) is 3.50. The van der Waals surface area contributed by atoms with Crippen LogP contribution in [0, 0.1) is 24.4 Å². The van der Waals surface area contributed by atoms with Gasteiger partial charge in [0.15, 0.2) is 17.4 Å². The minimum atomic E-state index is -1.36. The zero-order valence-corrected chi connectivity index (χ0v) is 9.13. The summed E-state index contributed by atoms with van der Waals surface area (Å²) in [5.41, 5.74) is -0.376. The molecule has 0 spiro atoms. The molecule has 0 radical (unpaired) electrons. The van der Waals surface area contributed by atoms with Crippen LogP contribution < -0.4 is 5.32 Å². The Kier molecular flexibility index (Phi) is 3.05. The number of aromatic nitrogens is 1. The summed E-state index contributed by atoms with van der Waals surface area (Å²) in [6.07, 6.45) is 1.21. The Balaban J connectivity index is 2.30. The van der Waals surface area contributed by atoms with Gasteiger partial charge in [0.2, 0.25) is 0 Å². The van der Waals surface area contributed by atoms with Crippen molar-refractivity contribution in [3.8, 4) is 0 Å². The monoisotopic (exact) mass is 256 g/mol. The Morgan fingerprint density at radius 2 is 1.89 bits per heavy atom. The van der Waals surface area contributed by atoms with Crippen LogP contribution in [0.25, 0.3) is 0 Å². The highest BCUT2D eigenvalue weighted by atomic mass is 19.2. The van der Waals surface area contributed by atoms with E-state index < -0.39 is 28.9 Å². The van der Waals surface area contributed by atoms with Gasteiger partial charge in [0.05, 0.1) is 11.8 Å². The first-order valence-electron chi connectivity index (χ1n) is 4.86. The van der Waals surface area contributed by atoms with Gasteiger partial charge in [-0.3, -0.25) is 4.79 Å². The summed E-state index contributed by atoms with van der Waals surface area (Å²) < 4.78 is 43.6. The van der Waals surface area contributed by atoms with Gasteiger partial charge in [-0.25, -0.2) is 13.2 Å². The first-order valence-corrected chi connectivity index (χ1v) is 4.86. The van der Waals surface area contributed by atoms with Crippen LogP contribution in [0.15, 0.2) is 22.9 Å². The number of halogens is 3. The summed E-state index contributed by atoms with van der Waals surface area (Å²) in [7, 11) is 0. The van der Waals surface area contributed by atoms with Crippen LogP contribution in [0.4, 0.5) is 18.9 Å². The number of nitrogens with zero attached hydrogens (tertiary/aromatic N) is 1. The maximum absolute atomic E-state index is 13.3. The fourth-order valence-corrected chi connectivity index (χ4v) is 1.30. The molecule has 2 aromatic rings. The highest BCUT2D eigenvalue weighted by Crippen LogP contribution is 2.17. The molecule has 1 N–H and O–H groups in total. The lowest BCUT2D eigenvalue weighted by molar-refractivity contribution is 0.102. The molecule has 1 heterocycles. The first kappa shape index (κ1) is 12.2. The lowest BCUT2D eigenvalue weighted by Crippen LogP contribution is -2.14. The SMILES string of the molecule is Cc1oncc1NC(=O)c1cc(F)c(F)cc1F. The normalized spacial score (nSPS) is 10.4. The Morgan fingerprint density at radius 1 is 1.22 bits per heavy atom. The fourth-order valence-electron chi connectivity index (χ4n) is 1.30. The topological polar surface area (TPSA) is 55.1 Å². The van der Waals surface area contributed by atoms with E-state index in [1.807, 2.05) is 0 Å². The van der Waals surface area contributed by atoms with E-state index in [4.69, 9.17) is 0 Å². The minimum absolute atomic E-state index is 0.226. The van der Waals surface area contributed by atoms with Crippen molar-refractivity contribution in [1.82, 2.24) is 5.16 Å². The smallest absolute Gasteiger partial charge is 0.258 e. The zero-order chi connectivity index (χ0) is 13.3. The van der Waals surface area contributed by atoms with E-state index in [-0.39, 0.29) is 5.69 Å². The minimum Gasteiger partial charge on any atom is -0.359 e. The molecule has 4 nitrogen and oxygen atoms in total. The van der Waals surface area contributed by atoms with Crippen LogP contribution in [0.5, 0.6) is 0 Å². The third-order valence-corrected chi connectivity index (χ3v) is 2.25. The van der Waals surface area contributed by atoms with Gasteiger partial charge in [0.25, 0.3) is 5.91 Å². The van der Waals surface area contributed by atoms with E-state index in [9.17, 15) is 18.0 Å². The molecule has 1 aromatic carbocycles. The Morgan fingerprint density at radius 3 is 2.50 bits per heavy atom. The number of benzene rings is 1. The van der Waals surface area contributed by atoms with Crippen LogP contribution in [-0.2, 0) is 0 Å². The van der Waals surface area contributed by atoms with Crippen LogP contribution >= 0.6 is 0 Å². The van der Waals surface area contributed by atoms with Gasteiger partial charge in [-0.05, 0) is 13.0 Å². The summed E-state index contributed by atoms with van der Waals surface area (Å²) >= 11 is 0. The molecular formula is C11H7F3N2O2. The summed E-state index contributed by atoms with van der Waals surface area (Å²) in [5.74, 6) is -4.42. The molecule has 0 aliphatic carbocycles. The van der Waals surface area contributed by atoms with Gasteiger partial charge in [0.1, 0.15) is 11.5 Å². The molecular weight excluding hydrogens is 249 g/mol. The molecule has 94 valence electrons. The summed E-state index contributed by atoms with van der Waals surface area (Å²) in [6.45, 7) is 1.53. The molecule has 7 heteroatoms. The Hall–Kier alpha value is -2.31. The molecule has 0 unspecified atom stereocenters. The van der Waals surface area contributed by atoms with Crippen molar-refractivity contribution >= 4 is 11.6 Å². The van der Waals surface area contributed by atoms with Gasteiger partial charge in [-0.1, -0.05) is 5.16 Å². The summed E-state index contributed by atoms with van der Waals surface area (Å²) in [5, 5.41) is 5.67. The maximum Gasteiger partial charge on any atom is 0.258 e. The molecule has 1 amide bonds. The first-order chi connectivity index (χ1) is 8.49. The largest absolute Gasteiger partial charge is 0.359 e. The maximum atomic E-state index is 13.3. The quantitative estimate of drug-likeness (QED) is 0.840. The van der Waals surface area contributed by atoms with E-state index in [1.54, 1.807) is 0 Å². The second-order valence-corrected chi connectivity index (χ2v) is 3.50. The van der Waals surface area contributed by atoms with Crippen LogP contribution in [0.3, 0.4) is 0 Å². The molecule has 0 atom stereocenters. The van der Waals surface area contributed by atoms with Crippen molar-refractivity contribution in [3.05, 3.63) is 47.1 Å². The van der Waals surface area contributed by atoms with Gasteiger partial charge in [-0.15, -0.1) is 0 Å². The van der Waals surface area contributed by atoms with Crippen LogP contribution in [0.2, 0.25) is 0 Å². The molecule has 0 aliphatic heterocycles. The number of hydrogen-bond donors (Lipinski definition) is 1. The highest BCUT2D eigenvalue weighted by Gasteiger charge is 2.17. The second kappa shape index (κ2) is 4.52. The van der Waals surface area contributed by atoms with Gasteiger partial charge in [-0.2, -0.15) is 0 Å². The standard InChI is InChI=1S/C11H7F3N2O2/c1-5-10(4-15-18-5)16-11(17)6-2-8(13)9(14)3-7(6)12/h2-4H,1H3,(H,16,17). The zero-order valence-electron chi connectivity index (χ0n) is 9.13. The van der Waals surface area contributed by atoms with Crippen LogP contribution in [-0.4, -0.2) is 11.1 Å². The number of hydrogen-bond acceptors (Lipinski definition) is 3. The number of nitrogens with one attached hydrogen (secondary N) is 1. The molecule has 0 aliphatic rings. The Bertz CT molecular complexity index is 610. The molecule has 0 saturated heterocycles. The van der Waals surface area contributed by atoms with Gasteiger partial charge >= 0.3 is 0 Å². The number of carbonyl (C=O) groups excluding carboxylic acids is 1. The predicted octanol–water partition coefficient (Wildman–Crippen LogP) is 2.65. The molecule has 18 heavy (non-hydrogen) atoms. The van der Waals surface area contributed by atoms with Crippen molar-refractivity contribution in [3.63, 3.8) is 0 Å². The Labute approximate surface area is 99.4 Å². The lowest BCUT2D eigenvalue weighted by atomic mass is 10.2. The predicted molar refractivity (Wildman–Crippen MR) is 55.5 cm³/mol. The van der Waals surface area contributed by atoms with Crippen molar-refractivity contribution < 1.29 is 22.5 Å². The number of anilines is 1. The summed E-state index contributed by atoms with van der Waals surface area (Å²) in [6, 6.07) is 0.799. The van der Waals surface area contributed by atoms with Crippen molar-refractivity contribution in [2.75, 3.05) is 5.32 Å². The molecule has 0 saturated carbocycles. The van der Waals surface area contributed by atoms with E-state index >= 15 is 0 Å². The van der Waals surface area contributed by atoms with E-state index in [2.05, 4.69) is 15.0 Å². The summed E-state index contributed by atoms with van der Waals surface area (Å²) in [4.78, 5) is 11.6.